The van der Waals surface area contributed by atoms with Gasteiger partial charge in [-0.2, -0.15) is 5.10 Å². The Bertz CT molecular complexity index is 450. The second kappa shape index (κ2) is 5.56. The molecule has 0 radical (unpaired) electrons. The van der Waals surface area contributed by atoms with Crippen LogP contribution >= 0.6 is 0 Å². The summed E-state index contributed by atoms with van der Waals surface area (Å²) >= 11 is 0. The van der Waals surface area contributed by atoms with Crippen LogP contribution in [0.3, 0.4) is 0 Å². The van der Waals surface area contributed by atoms with E-state index in [-0.39, 0.29) is 5.41 Å². The van der Waals surface area contributed by atoms with Crippen molar-refractivity contribution in [3.63, 3.8) is 0 Å². The van der Waals surface area contributed by atoms with Crippen LogP contribution < -0.4 is 5.32 Å². The van der Waals surface area contributed by atoms with Gasteiger partial charge in [-0.25, -0.2) is 0 Å². The van der Waals surface area contributed by atoms with Crippen molar-refractivity contribution >= 4 is 5.91 Å². The van der Waals surface area contributed by atoms with E-state index in [1.807, 2.05) is 6.07 Å². The van der Waals surface area contributed by atoms with E-state index in [9.17, 15) is 4.79 Å². The van der Waals surface area contributed by atoms with Crippen molar-refractivity contribution in [1.29, 1.82) is 0 Å². The lowest BCUT2D eigenvalue weighted by Gasteiger charge is -2.38. The molecule has 2 N–H and O–H groups in total. The van der Waals surface area contributed by atoms with E-state index in [1.54, 1.807) is 6.20 Å². The second-order valence-electron chi connectivity index (χ2n) is 6.16. The summed E-state index contributed by atoms with van der Waals surface area (Å²) in [6.07, 6.45) is 5.94. The predicted molar refractivity (Wildman–Crippen MR) is 77.4 cm³/mol. The molecular weight excluding hydrogens is 252 g/mol. The minimum atomic E-state index is -0.157. The van der Waals surface area contributed by atoms with Crippen molar-refractivity contribution in [2.24, 2.45) is 5.41 Å². The highest BCUT2D eigenvalue weighted by Gasteiger charge is 2.43. The SMILES string of the molecule is CCC1(C(=O)N2CCCC(c3ccn[nH]3)C2)CCNC1. The van der Waals surface area contributed by atoms with E-state index in [2.05, 4.69) is 27.3 Å². The Morgan fingerprint density at radius 3 is 3.15 bits per heavy atom. The van der Waals surface area contributed by atoms with Gasteiger partial charge in [-0.05, 0) is 38.3 Å². The molecule has 0 aromatic carbocycles. The van der Waals surface area contributed by atoms with Gasteiger partial charge >= 0.3 is 0 Å². The Morgan fingerprint density at radius 2 is 2.50 bits per heavy atom. The van der Waals surface area contributed by atoms with E-state index in [1.165, 1.54) is 0 Å². The number of likely N-dealkylation sites (tertiary alicyclic amines) is 1. The number of aromatic nitrogens is 2. The van der Waals surface area contributed by atoms with Gasteiger partial charge in [0, 0.05) is 37.4 Å². The molecule has 3 heterocycles. The molecule has 2 aliphatic heterocycles. The topological polar surface area (TPSA) is 61.0 Å². The highest BCUT2D eigenvalue weighted by molar-refractivity contribution is 5.83. The smallest absolute Gasteiger partial charge is 0.230 e. The van der Waals surface area contributed by atoms with Gasteiger partial charge in [0.15, 0.2) is 0 Å². The van der Waals surface area contributed by atoms with Crippen LogP contribution in [0.4, 0.5) is 0 Å². The van der Waals surface area contributed by atoms with Gasteiger partial charge in [0.05, 0.1) is 5.41 Å². The lowest BCUT2D eigenvalue weighted by molar-refractivity contribution is -0.142. The summed E-state index contributed by atoms with van der Waals surface area (Å²) in [6.45, 7) is 5.69. The summed E-state index contributed by atoms with van der Waals surface area (Å²) in [5, 5.41) is 10.5. The van der Waals surface area contributed by atoms with Crippen LogP contribution in [0.2, 0.25) is 0 Å². The van der Waals surface area contributed by atoms with Gasteiger partial charge in [0.25, 0.3) is 0 Å². The summed E-state index contributed by atoms with van der Waals surface area (Å²) in [7, 11) is 0. The number of nitrogens with one attached hydrogen (secondary N) is 2. The fourth-order valence-electron chi connectivity index (χ4n) is 3.62. The van der Waals surface area contributed by atoms with Gasteiger partial charge in [0.1, 0.15) is 0 Å². The first-order chi connectivity index (χ1) is 9.75. The molecule has 20 heavy (non-hydrogen) atoms. The highest BCUT2D eigenvalue weighted by Crippen LogP contribution is 2.34. The van der Waals surface area contributed by atoms with Crippen LogP contribution in [0.25, 0.3) is 0 Å². The summed E-state index contributed by atoms with van der Waals surface area (Å²) in [6, 6.07) is 2.03. The van der Waals surface area contributed by atoms with Gasteiger partial charge < -0.3 is 10.2 Å². The molecule has 0 aliphatic carbocycles. The summed E-state index contributed by atoms with van der Waals surface area (Å²) in [5.74, 6) is 0.771. The third-order valence-corrected chi connectivity index (χ3v) is 5.04. The van der Waals surface area contributed by atoms with Crippen molar-refractivity contribution in [3.05, 3.63) is 18.0 Å². The van der Waals surface area contributed by atoms with Crippen LogP contribution in [0.15, 0.2) is 12.3 Å². The molecule has 0 bridgehead atoms. The molecule has 5 nitrogen and oxygen atoms in total. The number of hydrogen-bond donors (Lipinski definition) is 2. The quantitative estimate of drug-likeness (QED) is 0.879. The van der Waals surface area contributed by atoms with Crippen LogP contribution in [0.5, 0.6) is 0 Å². The number of rotatable bonds is 3. The molecule has 1 aromatic heterocycles. The van der Waals surface area contributed by atoms with Crippen molar-refractivity contribution in [1.82, 2.24) is 20.4 Å². The highest BCUT2D eigenvalue weighted by atomic mass is 16.2. The molecule has 2 atom stereocenters. The monoisotopic (exact) mass is 276 g/mol. The molecule has 110 valence electrons. The average Bonchev–Trinajstić information content (AvgIpc) is 3.18. The maximum absolute atomic E-state index is 12.9. The molecule has 2 aliphatic rings. The molecule has 2 fully saturated rings. The van der Waals surface area contributed by atoms with Gasteiger partial charge in [-0.3, -0.25) is 9.89 Å². The Kier molecular flexibility index (Phi) is 3.78. The zero-order chi connectivity index (χ0) is 14.0. The van der Waals surface area contributed by atoms with E-state index in [4.69, 9.17) is 0 Å². The molecule has 1 amide bonds. The summed E-state index contributed by atoms with van der Waals surface area (Å²) in [4.78, 5) is 15.0. The summed E-state index contributed by atoms with van der Waals surface area (Å²) in [5.41, 5.74) is 1.01. The molecule has 1 aromatic rings. The maximum atomic E-state index is 12.9. The lowest BCUT2D eigenvalue weighted by atomic mass is 9.81. The van der Waals surface area contributed by atoms with Crippen molar-refractivity contribution in [2.45, 2.75) is 38.5 Å². The first-order valence-corrected chi connectivity index (χ1v) is 7.74. The number of nitrogens with zero attached hydrogens (tertiary/aromatic N) is 2. The van der Waals surface area contributed by atoms with Gasteiger partial charge in [-0.15, -0.1) is 0 Å². The molecule has 2 saturated heterocycles. The first kappa shape index (κ1) is 13.6. The number of piperidine rings is 1. The van der Waals surface area contributed by atoms with E-state index >= 15 is 0 Å². The summed E-state index contributed by atoms with van der Waals surface area (Å²) < 4.78 is 0. The number of aromatic amines is 1. The predicted octanol–water partition coefficient (Wildman–Crippen LogP) is 1.51. The van der Waals surface area contributed by atoms with Crippen LogP contribution in [0, 0.1) is 5.41 Å². The molecular formula is C15H24N4O. The number of carbonyl (C=O) groups is 1. The average molecular weight is 276 g/mol. The lowest BCUT2D eigenvalue weighted by Crippen LogP contribution is -2.48. The number of H-pyrrole nitrogens is 1. The Balaban J connectivity index is 1.72. The normalized spacial score (nSPS) is 30.6. The Morgan fingerprint density at radius 1 is 1.60 bits per heavy atom. The van der Waals surface area contributed by atoms with E-state index < -0.39 is 0 Å². The van der Waals surface area contributed by atoms with Crippen LogP contribution in [-0.4, -0.2) is 47.2 Å². The zero-order valence-corrected chi connectivity index (χ0v) is 12.2. The minimum absolute atomic E-state index is 0.157. The van der Waals surface area contributed by atoms with E-state index in [0.717, 1.165) is 57.6 Å². The van der Waals surface area contributed by atoms with Gasteiger partial charge in [-0.1, -0.05) is 6.92 Å². The van der Waals surface area contributed by atoms with Crippen molar-refractivity contribution < 1.29 is 4.79 Å². The minimum Gasteiger partial charge on any atom is -0.342 e. The largest absolute Gasteiger partial charge is 0.342 e. The Hall–Kier alpha value is -1.36. The van der Waals surface area contributed by atoms with Crippen molar-refractivity contribution in [2.75, 3.05) is 26.2 Å². The van der Waals surface area contributed by atoms with Crippen molar-refractivity contribution in [3.8, 4) is 0 Å². The Labute approximate surface area is 120 Å². The maximum Gasteiger partial charge on any atom is 0.230 e. The molecule has 2 unspecified atom stereocenters. The number of hydrogen-bond acceptors (Lipinski definition) is 3. The first-order valence-electron chi connectivity index (χ1n) is 7.74. The van der Waals surface area contributed by atoms with Gasteiger partial charge in [0.2, 0.25) is 5.91 Å². The fourth-order valence-corrected chi connectivity index (χ4v) is 3.62. The molecule has 0 saturated carbocycles. The fraction of sp³-hybridized carbons (Fsp3) is 0.733. The molecule has 5 heteroatoms. The number of carbonyl (C=O) groups excluding carboxylic acids is 1. The van der Waals surface area contributed by atoms with E-state index in [0.29, 0.717) is 11.8 Å². The van der Waals surface area contributed by atoms with Crippen LogP contribution in [0.1, 0.15) is 44.2 Å². The molecule has 0 spiro atoms. The zero-order valence-electron chi connectivity index (χ0n) is 12.2. The third kappa shape index (κ3) is 2.35. The molecule has 3 rings (SSSR count). The standard InChI is InChI=1S/C15H24N4O/c1-2-15(6-8-16-11-15)14(20)19-9-3-4-12(10-19)13-5-7-17-18-13/h5,7,12,16H,2-4,6,8-11H2,1H3,(H,17,18). The third-order valence-electron chi connectivity index (χ3n) is 5.04. The van der Waals surface area contributed by atoms with Crippen LogP contribution in [-0.2, 0) is 4.79 Å². The second-order valence-corrected chi connectivity index (χ2v) is 6.16. The number of amides is 1.